The molecule has 0 amide bonds. The second kappa shape index (κ2) is 5.63. The van der Waals surface area contributed by atoms with Gasteiger partial charge in [-0.25, -0.2) is 0 Å². The third-order valence-corrected chi connectivity index (χ3v) is 4.01. The summed E-state index contributed by atoms with van der Waals surface area (Å²) >= 11 is 1.66. The highest BCUT2D eigenvalue weighted by Gasteiger charge is 2.19. The summed E-state index contributed by atoms with van der Waals surface area (Å²) in [6.07, 6.45) is 0. The number of hydrogen-bond donors (Lipinski definition) is 1. The summed E-state index contributed by atoms with van der Waals surface area (Å²) in [5.41, 5.74) is 1.25. The number of ether oxygens (including phenoxy) is 1. The Bertz CT molecular complexity index is 607. The summed E-state index contributed by atoms with van der Waals surface area (Å²) < 4.78 is 5.57. The lowest BCUT2D eigenvalue weighted by molar-refractivity contribution is 0.133. The zero-order valence-electron chi connectivity index (χ0n) is 10.8. The van der Waals surface area contributed by atoms with Crippen LogP contribution in [0.25, 0.3) is 10.8 Å². The molecule has 19 heavy (non-hydrogen) atoms. The number of fused-ring (bicyclic) bond motifs is 1. The number of aliphatic imine (C=N–C) groups is 1. The lowest BCUT2D eigenvalue weighted by Crippen LogP contribution is -2.10. The molecule has 0 unspecified atom stereocenters. The van der Waals surface area contributed by atoms with Gasteiger partial charge in [-0.2, -0.15) is 0 Å². The highest BCUT2D eigenvalue weighted by atomic mass is 32.2. The molecule has 0 bridgehead atoms. The van der Waals surface area contributed by atoms with Gasteiger partial charge in [0.25, 0.3) is 0 Å². The summed E-state index contributed by atoms with van der Waals surface area (Å²) in [6.45, 7) is 3.47. The largest absolute Gasteiger partial charge is 0.365 e. The van der Waals surface area contributed by atoms with Gasteiger partial charge in [-0.3, -0.25) is 4.99 Å². The van der Waals surface area contributed by atoms with E-state index in [9.17, 15) is 0 Å². The minimum Gasteiger partial charge on any atom is -0.365 e. The third-order valence-electron chi connectivity index (χ3n) is 3.01. The van der Waals surface area contributed by atoms with E-state index in [1.165, 1.54) is 10.8 Å². The molecule has 0 spiro atoms. The van der Waals surface area contributed by atoms with Crippen LogP contribution in [0, 0.1) is 0 Å². The van der Waals surface area contributed by atoms with Crippen molar-refractivity contribution in [3.8, 4) is 0 Å². The van der Waals surface area contributed by atoms with Gasteiger partial charge in [0.05, 0.1) is 6.54 Å². The first kappa shape index (κ1) is 12.5. The molecule has 3 nitrogen and oxygen atoms in total. The maximum absolute atomic E-state index is 5.57. The molecule has 1 heterocycles. The van der Waals surface area contributed by atoms with Crippen LogP contribution in [0.1, 0.15) is 6.92 Å². The number of amidine groups is 1. The van der Waals surface area contributed by atoms with Crippen molar-refractivity contribution in [3.63, 3.8) is 0 Å². The Kier molecular flexibility index (Phi) is 3.71. The van der Waals surface area contributed by atoms with Gasteiger partial charge in [0.1, 0.15) is 5.44 Å². The predicted molar refractivity (Wildman–Crippen MR) is 82.9 cm³/mol. The molecule has 1 atom stereocenters. The minimum atomic E-state index is 0.155. The number of rotatable bonds is 3. The highest BCUT2D eigenvalue weighted by molar-refractivity contribution is 8.14. The fourth-order valence-corrected chi connectivity index (χ4v) is 3.07. The number of hydrogen-bond acceptors (Lipinski definition) is 4. The monoisotopic (exact) mass is 272 g/mol. The zero-order valence-corrected chi connectivity index (χ0v) is 11.6. The van der Waals surface area contributed by atoms with Gasteiger partial charge in [0, 0.05) is 17.7 Å². The van der Waals surface area contributed by atoms with Crippen molar-refractivity contribution in [2.24, 2.45) is 4.99 Å². The number of nitrogens with one attached hydrogen (secondary N) is 1. The number of benzene rings is 2. The summed E-state index contributed by atoms with van der Waals surface area (Å²) in [4.78, 5) is 4.48. The van der Waals surface area contributed by atoms with Crippen molar-refractivity contribution in [1.29, 1.82) is 0 Å². The molecule has 1 aliphatic heterocycles. The predicted octanol–water partition coefficient (Wildman–Crippen LogP) is 3.72. The lowest BCUT2D eigenvalue weighted by atomic mass is 10.1. The molecule has 98 valence electrons. The fraction of sp³-hybridized carbons (Fsp3) is 0.267. The molecule has 2 aromatic carbocycles. The van der Waals surface area contributed by atoms with Gasteiger partial charge < -0.3 is 10.1 Å². The molecule has 0 radical (unpaired) electrons. The van der Waals surface area contributed by atoms with Crippen LogP contribution in [0.15, 0.2) is 47.5 Å². The Morgan fingerprint density at radius 2 is 2.11 bits per heavy atom. The topological polar surface area (TPSA) is 33.6 Å². The summed E-state index contributed by atoms with van der Waals surface area (Å²) in [5, 5.41) is 6.79. The van der Waals surface area contributed by atoms with Crippen LogP contribution in [-0.2, 0) is 4.74 Å². The Hall–Kier alpha value is -1.52. The van der Waals surface area contributed by atoms with E-state index in [1.807, 2.05) is 6.92 Å². The molecule has 1 aliphatic rings. The summed E-state index contributed by atoms with van der Waals surface area (Å²) in [6, 6.07) is 14.6. The van der Waals surface area contributed by atoms with Gasteiger partial charge in [0.2, 0.25) is 0 Å². The van der Waals surface area contributed by atoms with Crippen LogP contribution < -0.4 is 5.32 Å². The first-order valence-corrected chi connectivity index (χ1v) is 7.32. The van der Waals surface area contributed by atoms with Crippen molar-refractivity contribution in [2.75, 3.05) is 18.5 Å². The molecule has 0 saturated carbocycles. The summed E-state index contributed by atoms with van der Waals surface area (Å²) in [7, 11) is 0. The normalized spacial score (nSPS) is 18.6. The van der Waals surface area contributed by atoms with E-state index in [2.05, 4.69) is 52.8 Å². The van der Waals surface area contributed by atoms with E-state index in [4.69, 9.17) is 4.74 Å². The molecular weight excluding hydrogens is 256 g/mol. The van der Waals surface area contributed by atoms with Crippen LogP contribution in [0.2, 0.25) is 0 Å². The van der Waals surface area contributed by atoms with E-state index >= 15 is 0 Å². The summed E-state index contributed by atoms with van der Waals surface area (Å²) in [5.74, 6) is 0. The standard InChI is InChI=1S/C15H16N2OS/c1-2-18-14-10-16-15(19-14)17-13-9-5-7-11-6-3-4-8-12(11)13/h3-9,14H,2,10H2,1H3,(H,16,17)/t14-/m0/s1. The molecule has 0 aliphatic carbocycles. The first-order chi connectivity index (χ1) is 9.36. The maximum atomic E-state index is 5.57. The van der Waals surface area contributed by atoms with Crippen molar-refractivity contribution in [2.45, 2.75) is 12.4 Å². The Balaban J connectivity index is 1.79. The lowest BCUT2D eigenvalue weighted by Gasteiger charge is -2.10. The van der Waals surface area contributed by atoms with Crippen LogP contribution in [0.4, 0.5) is 5.69 Å². The average Bonchev–Trinajstić information content (AvgIpc) is 2.87. The second-order valence-corrected chi connectivity index (χ2v) is 5.45. The van der Waals surface area contributed by atoms with Crippen molar-refractivity contribution in [1.82, 2.24) is 0 Å². The van der Waals surface area contributed by atoms with E-state index in [-0.39, 0.29) is 5.44 Å². The van der Waals surface area contributed by atoms with Crippen molar-refractivity contribution in [3.05, 3.63) is 42.5 Å². The first-order valence-electron chi connectivity index (χ1n) is 6.44. The average molecular weight is 272 g/mol. The number of anilines is 1. The Morgan fingerprint density at radius 1 is 1.26 bits per heavy atom. The van der Waals surface area contributed by atoms with Crippen LogP contribution in [0.3, 0.4) is 0 Å². The molecule has 4 heteroatoms. The van der Waals surface area contributed by atoms with Crippen molar-refractivity contribution < 1.29 is 4.74 Å². The van der Waals surface area contributed by atoms with Gasteiger partial charge in [-0.15, -0.1) is 0 Å². The zero-order chi connectivity index (χ0) is 13.1. The molecule has 0 aromatic heterocycles. The minimum absolute atomic E-state index is 0.155. The molecule has 0 fully saturated rings. The molecule has 1 N–H and O–H groups in total. The van der Waals surface area contributed by atoms with Gasteiger partial charge >= 0.3 is 0 Å². The Labute approximate surface area is 117 Å². The SMILES string of the molecule is CCO[C@@H]1CN=C(Nc2cccc3ccccc23)S1. The molecule has 2 aromatic rings. The van der Waals surface area contributed by atoms with Gasteiger partial charge in [-0.05, 0) is 18.4 Å². The number of nitrogens with zero attached hydrogens (tertiary/aromatic N) is 1. The van der Waals surface area contributed by atoms with E-state index in [0.717, 1.165) is 24.0 Å². The fourth-order valence-electron chi connectivity index (χ4n) is 2.15. The second-order valence-electron chi connectivity index (χ2n) is 4.30. The third kappa shape index (κ3) is 2.74. The maximum Gasteiger partial charge on any atom is 0.163 e. The molecular formula is C15H16N2OS. The van der Waals surface area contributed by atoms with Crippen LogP contribution in [-0.4, -0.2) is 23.8 Å². The molecule has 3 rings (SSSR count). The van der Waals surface area contributed by atoms with E-state index in [1.54, 1.807) is 11.8 Å². The van der Waals surface area contributed by atoms with E-state index in [0.29, 0.717) is 0 Å². The molecule has 0 saturated heterocycles. The number of thioether (sulfide) groups is 1. The Morgan fingerprint density at radius 3 is 3.00 bits per heavy atom. The van der Waals surface area contributed by atoms with Gasteiger partial charge in [0.15, 0.2) is 5.17 Å². The van der Waals surface area contributed by atoms with Crippen LogP contribution in [0.5, 0.6) is 0 Å². The quantitative estimate of drug-likeness (QED) is 0.924. The highest BCUT2D eigenvalue weighted by Crippen LogP contribution is 2.27. The van der Waals surface area contributed by atoms with Crippen LogP contribution >= 0.6 is 11.8 Å². The van der Waals surface area contributed by atoms with Gasteiger partial charge in [-0.1, -0.05) is 48.2 Å². The van der Waals surface area contributed by atoms with E-state index < -0.39 is 0 Å². The van der Waals surface area contributed by atoms with Crippen molar-refractivity contribution >= 4 is 33.4 Å². The smallest absolute Gasteiger partial charge is 0.163 e.